The summed E-state index contributed by atoms with van der Waals surface area (Å²) in [6.45, 7) is 1.56. The molecule has 1 fully saturated rings. The molecule has 1 aliphatic carbocycles. The summed E-state index contributed by atoms with van der Waals surface area (Å²) in [5.74, 6) is 0.849. The molecule has 4 aromatic rings. The third kappa shape index (κ3) is 5.33. The molecule has 3 atom stereocenters. The summed E-state index contributed by atoms with van der Waals surface area (Å²) in [7, 11) is 0. The third-order valence-corrected chi connectivity index (χ3v) is 7.61. The van der Waals surface area contributed by atoms with E-state index in [9.17, 15) is 9.90 Å². The van der Waals surface area contributed by atoms with Crippen LogP contribution >= 0.6 is 11.3 Å². The maximum atomic E-state index is 13.4. The molecular weight excluding hydrogens is 492 g/mol. The fourth-order valence-electron chi connectivity index (χ4n) is 4.89. The zero-order valence-electron chi connectivity index (χ0n) is 20.0. The lowest BCUT2D eigenvalue weighted by Crippen LogP contribution is -2.39. The Hall–Kier alpha value is -3.80. The number of aliphatic hydroxyl groups is 1. The van der Waals surface area contributed by atoms with Gasteiger partial charge in [0.05, 0.1) is 22.4 Å². The first-order chi connectivity index (χ1) is 18.1. The standard InChI is InChI=1S/C25H26N6O2S.CH2O2/c32-18-12-14-6-1-2-8-16(14)21(18)29-25-30-22(27-15-7-5-11-26-13-15)20(23(33)31-25)24-28-17-9-3-4-10-19(17)34-24;2-1-3/h1-4,6,8-10,15,18,21,26,32H,5,7,11-13H2,(H3,27,29,30,31,33);1H,(H,2,3)/t15-,18+,21+;/m1./s1. The first-order valence-electron chi connectivity index (χ1n) is 12.1. The van der Waals surface area contributed by atoms with Crippen molar-refractivity contribution >= 4 is 39.8 Å². The molecule has 2 aliphatic rings. The molecule has 2 aromatic heterocycles. The molecule has 11 heteroatoms. The third-order valence-electron chi connectivity index (χ3n) is 6.56. The quantitative estimate of drug-likeness (QED) is 0.218. The number of fused-ring (bicyclic) bond motifs is 2. The lowest BCUT2D eigenvalue weighted by atomic mass is 10.1. The second kappa shape index (κ2) is 11.1. The minimum Gasteiger partial charge on any atom is -0.483 e. The molecule has 10 nitrogen and oxygen atoms in total. The molecule has 0 unspecified atom stereocenters. The Morgan fingerprint density at radius 1 is 1.08 bits per heavy atom. The Bertz CT molecular complexity index is 1420. The summed E-state index contributed by atoms with van der Waals surface area (Å²) >= 11 is 1.48. The van der Waals surface area contributed by atoms with Gasteiger partial charge in [0.1, 0.15) is 16.4 Å². The predicted molar refractivity (Wildman–Crippen MR) is 144 cm³/mol. The average Bonchev–Trinajstić information content (AvgIpc) is 3.45. The van der Waals surface area contributed by atoms with Crippen LogP contribution in [0.2, 0.25) is 0 Å². The average molecular weight is 521 g/mol. The Morgan fingerprint density at radius 3 is 2.65 bits per heavy atom. The van der Waals surface area contributed by atoms with Gasteiger partial charge in [-0.2, -0.15) is 4.98 Å². The van der Waals surface area contributed by atoms with Crippen molar-refractivity contribution in [3.8, 4) is 10.6 Å². The van der Waals surface area contributed by atoms with Crippen LogP contribution in [0.25, 0.3) is 20.8 Å². The minimum atomic E-state index is -0.592. The molecule has 3 heterocycles. The monoisotopic (exact) mass is 520 g/mol. The Morgan fingerprint density at radius 2 is 1.86 bits per heavy atom. The number of thiazole rings is 1. The highest BCUT2D eigenvalue weighted by Crippen LogP contribution is 2.35. The SMILES string of the molecule is O=CO.O=c1[nH]c(N[C@H]2c3ccccc3C[C@@H]2O)nc(N[C@@H]2CCCNC2)c1-c1nc2ccccc2s1. The molecule has 192 valence electrons. The predicted octanol–water partition coefficient (Wildman–Crippen LogP) is 2.98. The number of aromatic amines is 1. The van der Waals surface area contributed by atoms with Crippen molar-refractivity contribution in [1.82, 2.24) is 20.3 Å². The second-order valence-electron chi connectivity index (χ2n) is 9.01. The minimum absolute atomic E-state index is 0.168. The Labute approximate surface area is 216 Å². The molecule has 0 bridgehead atoms. The molecule has 1 aliphatic heterocycles. The van der Waals surface area contributed by atoms with Gasteiger partial charge >= 0.3 is 0 Å². The van der Waals surface area contributed by atoms with Crippen LogP contribution in [0.3, 0.4) is 0 Å². The zero-order chi connectivity index (χ0) is 25.8. The summed E-state index contributed by atoms with van der Waals surface area (Å²) in [5, 5.41) is 28.4. The topological polar surface area (TPSA) is 152 Å². The number of rotatable bonds is 5. The summed E-state index contributed by atoms with van der Waals surface area (Å²) < 4.78 is 1.02. The van der Waals surface area contributed by atoms with Gasteiger partial charge in [-0.25, -0.2) is 4.98 Å². The number of carboxylic acid groups (broad SMARTS) is 1. The van der Waals surface area contributed by atoms with Gasteiger partial charge in [0, 0.05) is 19.0 Å². The van der Waals surface area contributed by atoms with Crippen molar-refractivity contribution < 1.29 is 15.0 Å². The van der Waals surface area contributed by atoms with E-state index < -0.39 is 6.10 Å². The molecule has 2 aromatic carbocycles. The molecule has 37 heavy (non-hydrogen) atoms. The summed E-state index contributed by atoms with van der Waals surface area (Å²) in [6, 6.07) is 15.7. The van der Waals surface area contributed by atoms with Crippen LogP contribution in [-0.4, -0.2) is 56.9 Å². The molecule has 1 saturated heterocycles. The number of H-pyrrole nitrogens is 1. The highest BCUT2D eigenvalue weighted by molar-refractivity contribution is 7.21. The molecular formula is C26H28N6O4S. The van der Waals surface area contributed by atoms with Crippen LogP contribution in [0.15, 0.2) is 53.3 Å². The van der Waals surface area contributed by atoms with E-state index in [4.69, 9.17) is 19.9 Å². The maximum Gasteiger partial charge on any atom is 0.290 e. The molecule has 6 N–H and O–H groups in total. The van der Waals surface area contributed by atoms with Gasteiger partial charge in [-0.15, -0.1) is 11.3 Å². The van der Waals surface area contributed by atoms with Gasteiger partial charge in [0.2, 0.25) is 5.95 Å². The lowest BCUT2D eigenvalue weighted by molar-refractivity contribution is -0.122. The van der Waals surface area contributed by atoms with Crippen LogP contribution in [0.1, 0.15) is 30.0 Å². The van der Waals surface area contributed by atoms with Gasteiger partial charge in [-0.3, -0.25) is 14.6 Å². The first kappa shape index (κ1) is 24.9. The number of aromatic nitrogens is 3. The number of nitrogens with one attached hydrogen (secondary N) is 4. The number of anilines is 2. The normalized spacial score (nSPS) is 20.5. The second-order valence-corrected chi connectivity index (χ2v) is 10.0. The number of benzene rings is 2. The highest BCUT2D eigenvalue weighted by Gasteiger charge is 2.31. The van der Waals surface area contributed by atoms with E-state index in [2.05, 4.69) is 20.9 Å². The van der Waals surface area contributed by atoms with E-state index in [-0.39, 0.29) is 24.1 Å². The molecule has 0 amide bonds. The van der Waals surface area contributed by atoms with Crippen LogP contribution in [0.4, 0.5) is 11.8 Å². The van der Waals surface area contributed by atoms with E-state index in [1.807, 2.05) is 48.5 Å². The Kier molecular flexibility index (Phi) is 7.45. The van der Waals surface area contributed by atoms with Gasteiger partial charge in [-0.05, 0) is 42.6 Å². The van der Waals surface area contributed by atoms with Crippen LogP contribution in [-0.2, 0) is 11.2 Å². The number of piperidine rings is 1. The fourth-order valence-corrected chi connectivity index (χ4v) is 5.90. The largest absolute Gasteiger partial charge is 0.483 e. The number of nitrogens with zero attached hydrogens (tertiary/aromatic N) is 2. The highest BCUT2D eigenvalue weighted by atomic mass is 32.1. The van der Waals surface area contributed by atoms with Crippen LogP contribution in [0.5, 0.6) is 0 Å². The number of para-hydroxylation sites is 1. The van der Waals surface area contributed by atoms with E-state index >= 15 is 0 Å². The van der Waals surface area contributed by atoms with E-state index in [0.717, 1.165) is 47.3 Å². The number of aliphatic hydroxyl groups excluding tert-OH is 1. The van der Waals surface area contributed by atoms with E-state index in [0.29, 0.717) is 28.8 Å². The number of hydrogen-bond donors (Lipinski definition) is 6. The summed E-state index contributed by atoms with van der Waals surface area (Å²) in [5.41, 5.74) is 3.18. The summed E-state index contributed by atoms with van der Waals surface area (Å²) in [6.07, 6.45) is 2.04. The smallest absolute Gasteiger partial charge is 0.290 e. The molecule has 0 spiro atoms. The van der Waals surface area contributed by atoms with Crippen molar-refractivity contribution in [2.45, 2.75) is 37.5 Å². The van der Waals surface area contributed by atoms with Crippen LogP contribution in [0, 0.1) is 0 Å². The van der Waals surface area contributed by atoms with Gasteiger partial charge in [-0.1, -0.05) is 36.4 Å². The maximum absolute atomic E-state index is 13.4. The van der Waals surface area contributed by atoms with Crippen molar-refractivity contribution in [3.05, 3.63) is 70.0 Å². The van der Waals surface area contributed by atoms with Crippen molar-refractivity contribution in [1.29, 1.82) is 0 Å². The molecule has 6 rings (SSSR count). The Balaban J connectivity index is 0.000000892. The van der Waals surface area contributed by atoms with E-state index in [1.165, 1.54) is 11.3 Å². The van der Waals surface area contributed by atoms with Crippen molar-refractivity contribution in [3.63, 3.8) is 0 Å². The lowest BCUT2D eigenvalue weighted by Gasteiger charge is -2.25. The number of hydrogen-bond acceptors (Lipinski definition) is 9. The summed E-state index contributed by atoms with van der Waals surface area (Å²) in [4.78, 5) is 34.2. The van der Waals surface area contributed by atoms with Gasteiger partial charge in [0.15, 0.2) is 0 Å². The molecule has 0 saturated carbocycles. The zero-order valence-corrected chi connectivity index (χ0v) is 20.8. The van der Waals surface area contributed by atoms with Crippen LogP contribution < -0.4 is 21.5 Å². The number of carbonyl (C=O) groups is 1. The molecule has 0 radical (unpaired) electrons. The fraction of sp³-hybridized carbons (Fsp3) is 0.308. The van der Waals surface area contributed by atoms with Gasteiger partial charge in [0.25, 0.3) is 12.0 Å². The van der Waals surface area contributed by atoms with Gasteiger partial charge < -0.3 is 26.2 Å². The van der Waals surface area contributed by atoms with E-state index in [1.54, 1.807) is 0 Å². The van der Waals surface area contributed by atoms with Crippen molar-refractivity contribution in [2.75, 3.05) is 23.7 Å². The van der Waals surface area contributed by atoms with Crippen molar-refractivity contribution in [2.24, 2.45) is 0 Å². The first-order valence-corrected chi connectivity index (χ1v) is 13.0.